The van der Waals surface area contributed by atoms with E-state index in [1.54, 1.807) is 0 Å². The fourth-order valence-electron chi connectivity index (χ4n) is 5.32. The molecule has 1 aromatic rings. The number of hydrogen-bond donors (Lipinski definition) is 1. The highest BCUT2D eigenvalue weighted by molar-refractivity contribution is 5.85. The molecule has 5 heteroatoms. The van der Waals surface area contributed by atoms with E-state index >= 15 is 0 Å². The standard InChI is InChI=1S/C21H31N3O2/c1-16-5-2-12-22-19(16)23-13-3-10-21(15-23)11-4-14-24(20(21)26)17-6-8-18(25)9-7-17/h2,5,12,17-18,25H,3-4,6-11,13-15H2,1H3. The third-order valence-electron chi connectivity index (χ3n) is 6.73. The van der Waals surface area contributed by atoms with Crippen LogP contribution in [0.4, 0.5) is 5.82 Å². The van der Waals surface area contributed by atoms with Gasteiger partial charge in [-0.25, -0.2) is 4.98 Å². The Morgan fingerprint density at radius 1 is 1.15 bits per heavy atom. The lowest BCUT2D eigenvalue weighted by Crippen LogP contribution is -2.59. The summed E-state index contributed by atoms with van der Waals surface area (Å²) >= 11 is 0. The van der Waals surface area contributed by atoms with Gasteiger partial charge in [0, 0.05) is 31.9 Å². The molecule has 3 heterocycles. The molecule has 0 aromatic carbocycles. The fraction of sp³-hybridized carbons (Fsp3) is 0.714. The van der Waals surface area contributed by atoms with Crippen molar-refractivity contribution in [3.8, 4) is 0 Å². The molecule has 0 radical (unpaired) electrons. The predicted molar refractivity (Wildman–Crippen MR) is 102 cm³/mol. The lowest BCUT2D eigenvalue weighted by atomic mass is 9.72. The number of aliphatic hydroxyl groups excluding tert-OH is 1. The number of rotatable bonds is 2. The van der Waals surface area contributed by atoms with E-state index in [9.17, 15) is 9.90 Å². The highest BCUT2D eigenvalue weighted by Crippen LogP contribution is 2.42. The van der Waals surface area contributed by atoms with Gasteiger partial charge in [-0.15, -0.1) is 0 Å². The maximum atomic E-state index is 13.6. The Morgan fingerprint density at radius 3 is 2.62 bits per heavy atom. The van der Waals surface area contributed by atoms with Gasteiger partial charge in [0.25, 0.3) is 0 Å². The number of nitrogens with zero attached hydrogens (tertiary/aromatic N) is 3. The number of anilines is 1. The molecule has 1 spiro atoms. The van der Waals surface area contributed by atoms with Crippen LogP contribution in [0.25, 0.3) is 0 Å². The second-order valence-corrected chi connectivity index (χ2v) is 8.51. The molecular formula is C21H31N3O2. The second-order valence-electron chi connectivity index (χ2n) is 8.51. The van der Waals surface area contributed by atoms with Crippen molar-refractivity contribution in [2.45, 2.75) is 70.4 Å². The summed E-state index contributed by atoms with van der Waals surface area (Å²) in [6.07, 6.45) is 9.40. The number of likely N-dealkylation sites (tertiary alicyclic amines) is 1. The summed E-state index contributed by atoms with van der Waals surface area (Å²) in [6.45, 7) is 4.79. The van der Waals surface area contributed by atoms with Crippen molar-refractivity contribution in [3.63, 3.8) is 0 Å². The molecular weight excluding hydrogens is 326 g/mol. The maximum absolute atomic E-state index is 13.6. The number of pyridine rings is 1. The number of piperidine rings is 2. The molecule has 1 saturated carbocycles. The van der Waals surface area contributed by atoms with E-state index in [4.69, 9.17) is 0 Å². The Balaban J connectivity index is 1.53. The van der Waals surface area contributed by atoms with Crippen molar-refractivity contribution in [1.82, 2.24) is 9.88 Å². The molecule has 5 nitrogen and oxygen atoms in total. The van der Waals surface area contributed by atoms with Crippen LogP contribution in [0.2, 0.25) is 0 Å². The van der Waals surface area contributed by atoms with Crippen molar-refractivity contribution in [3.05, 3.63) is 23.9 Å². The van der Waals surface area contributed by atoms with E-state index < -0.39 is 0 Å². The molecule has 0 bridgehead atoms. The summed E-state index contributed by atoms with van der Waals surface area (Å²) in [7, 11) is 0. The van der Waals surface area contributed by atoms with Crippen molar-refractivity contribution >= 4 is 11.7 Å². The molecule has 26 heavy (non-hydrogen) atoms. The smallest absolute Gasteiger partial charge is 0.230 e. The molecule has 1 amide bonds. The summed E-state index contributed by atoms with van der Waals surface area (Å²) in [5.74, 6) is 1.40. The van der Waals surface area contributed by atoms with Gasteiger partial charge in [0.1, 0.15) is 5.82 Å². The molecule has 4 rings (SSSR count). The molecule has 2 aliphatic heterocycles. The van der Waals surface area contributed by atoms with Crippen LogP contribution in [0.5, 0.6) is 0 Å². The van der Waals surface area contributed by atoms with Gasteiger partial charge in [-0.3, -0.25) is 4.79 Å². The molecule has 1 N–H and O–H groups in total. The first-order valence-corrected chi connectivity index (χ1v) is 10.2. The van der Waals surface area contributed by atoms with Gasteiger partial charge >= 0.3 is 0 Å². The summed E-state index contributed by atoms with van der Waals surface area (Å²) in [5, 5.41) is 9.80. The highest BCUT2D eigenvalue weighted by atomic mass is 16.3. The number of carbonyl (C=O) groups excluding carboxylic acids is 1. The fourth-order valence-corrected chi connectivity index (χ4v) is 5.32. The quantitative estimate of drug-likeness (QED) is 0.884. The Labute approximate surface area is 156 Å². The molecule has 2 saturated heterocycles. The third-order valence-corrected chi connectivity index (χ3v) is 6.73. The first-order chi connectivity index (χ1) is 12.6. The van der Waals surface area contributed by atoms with Crippen LogP contribution in [-0.2, 0) is 4.79 Å². The summed E-state index contributed by atoms with van der Waals surface area (Å²) in [5.41, 5.74) is 0.946. The Bertz CT molecular complexity index is 652. The monoisotopic (exact) mass is 357 g/mol. The average molecular weight is 357 g/mol. The lowest BCUT2D eigenvalue weighted by Gasteiger charge is -2.50. The van der Waals surface area contributed by atoms with Crippen molar-refractivity contribution in [1.29, 1.82) is 0 Å². The van der Waals surface area contributed by atoms with E-state index in [1.165, 1.54) is 5.56 Å². The Kier molecular flexibility index (Phi) is 4.91. The van der Waals surface area contributed by atoms with Crippen LogP contribution >= 0.6 is 0 Å². The first-order valence-electron chi connectivity index (χ1n) is 10.2. The van der Waals surface area contributed by atoms with Crippen LogP contribution < -0.4 is 4.90 Å². The molecule has 1 unspecified atom stereocenters. The van der Waals surface area contributed by atoms with E-state index in [2.05, 4.69) is 27.8 Å². The topological polar surface area (TPSA) is 56.7 Å². The minimum Gasteiger partial charge on any atom is -0.393 e. The van der Waals surface area contributed by atoms with Crippen LogP contribution in [-0.4, -0.2) is 52.7 Å². The maximum Gasteiger partial charge on any atom is 0.230 e. The molecule has 3 aliphatic rings. The van der Waals surface area contributed by atoms with Gasteiger partial charge in [0.15, 0.2) is 0 Å². The zero-order valence-electron chi connectivity index (χ0n) is 15.9. The highest BCUT2D eigenvalue weighted by Gasteiger charge is 2.48. The van der Waals surface area contributed by atoms with Gasteiger partial charge < -0.3 is 14.9 Å². The molecule has 3 fully saturated rings. The number of carbonyl (C=O) groups is 1. The van der Waals surface area contributed by atoms with Crippen molar-refractivity contribution in [2.24, 2.45) is 5.41 Å². The van der Waals surface area contributed by atoms with Crippen LogP contribution in [0, 0.1) is 12.3 Å². The molecule has 1 aliphatic carbocycles. The zero-order valence-corrected chi connectivity index (χ0v) is 15.9. The molecule has 1 aromatic heterocycles. The predicted octanol–water partition coefficient (Wildman–Crippen LogP) is 2.90. The van der Waals surface area contributed by atoms with Crippen LogP contribution in [0.3, 0.4) is 0 Å². The van der Waals surface area contributed by atoms with Gasteiger partial charge in [0.05, 0.1) is 11.5 Å². The van der Waals surface area contributed by atoms with Crippen molar-refractivity contribution in [2.75, 3.05) is 24.5 Å². The van der Waals surface area contributed by atoms with E-state index in [0.29, 0.717) is 11.9 Å². The number of aliphatic hydroxyl groups is 1. The number of aryl methyl sites for hydroxylation is 1. The summed E-state index contributed by atoms with van der Waals surface area (Å²) < 4.78 is 0. The van der Waals surface area contributed by atoms with E-state index in [-0.39, 0.29) is 11.5 Å². The summed E-state index contributed by atoms with van der Waals surface area (Å²) in [4.78, 5) is 22.7. The van der Waals surface area contributed by atoms with Crippen LogP contribution in [0.15, 0.2) is 18.3 Å². The normalized spacial score (nSPS) is 32.9. The van der Waals surface area contributed by atoms with Gasteiger partial charge in [-0.2, -0.15) is 0 Å². The minimum atomic E-state index is -0.240. The first kappa shape index (κ1) is 17.8. The van der Waals surface area contributed by atoms with Crippen LogP contribution in [0.1, 0.15) is 56.9 Å². The minimum absolute atomic E-state index is 0.169. The Hall–Kier alpha value is -1.62. The van der Waals surface area contributed by atoms with Crippen molar-refractivity contribution < 1.29 is 9.90 Å². The molecule has 1 atom stereocenters. The SMILES string of the molecule is Cc1cccnc1N1CCCC2(CCCN(C3CCC(O)CC3)C2=O)C1. The van der Waals surface area contributed by atoms with Gasteiger partial charge in [-0.1, -0.05) is 6.07 Å². The van der Waals surface area contributed by atoms with Gasteiger partial charge in [0.2, 0.25) is 5.91 Å². The van der Waals surface area contributed by atoms with E-state index in [0.717, 1.165) is 76.8 Å². The Morgan fingerprint density at radius 2 is 1.88 bits per heavy atom. The second kappa shape index (κ2) is 7.18. The average Bonchev–Trinajstić information content (AvgIpc) is 2.66. The largest absolute Gasteiger partial charge is 0.393 e. The van der Waals surface area contributed by atoms with E-state index in [1.807, 2.05) is 12.3 Å². The molecule has 142 valence electrons. The number of hydrogen-bond acceptors (Lipinski definition) is 4. The third kappa shape index (κ3) is 3.22. The lowest BCUT2D eigenvalue weighted by molar-refractivity contribution is -0.151. The number of aromatic nitrogens is 1. The van der Waals surface area contributed by atoms with Gasteiger partial charge in [-0.05, 0) is 69.9 Å². The number of amides is 1. The summed E-state index contributed by atoms with van der Waals surface area (Å²) in [6, 6.07) is 4.41. The zero-order chi connectivity index (χ0) is 18.1.